The summed E-state index contributed by atoms with van der Waals surface area (Å²) in [7, 11) is -7.86. The lowest BCUT2D eigenvalue weighted by Crippen LogP contribution is -2.63. The maximum atomic E-state index is 12.2. The number of hydrogen-bond acceptors (Lipinski definition) is 4. The lowest BCUT2D eigenvalue weighted by molar-refractivity contribution is -0.382. The van der Waals surface area contributed by atoms with Gasteiger partial charge in [0.15, 0.2) is 0 Å². The van der Waals surface area contributed by atoms with Crippen LogP contribution in [0.1, 0.15) is 0 Å². The second-order valence-corrected chi connectivity index (χ2v) is 11.0. The van der Waals surface area contributed by atoms with Crippen molar-refractivity contribution in [2.24, 2.45) is 0 Å². The summed E-state index contributed by atoms with van der Waals surface area (Å²) in [5, 5.41) is 15.6. The van der Waals surface area contributed by atoms with Gasteiger partial charge in [0.2, 0.25) is 0 Å². The molecule has 0 spiro atoms. The molecule has 3 aromatic rings. The number of alkyl halides is 9. The zero-order valence-corrected chi connectivity index (χ0v) is 20.1. The lowest BCUT2D eigenvalue weighted by atomic mass is 10.1. The highest BCUT2D eigenvalue weighted by Crippen LogP contribution is 2.54. The molecule has 5 nitrogen and oxygen atoms in total. The van der Waals surface area contributed by atoms with Gasteiger partial charge < -0.3 is 10.2 Å². The van der Waals surface area contributed by atoms with E-state index in [1.165, 1.54) is 15.9 Å². The van der Waals surface area contributed by atoms with Crippen molar-refractivity contribution in [1.29, 1.82) is 0 Å². The van der Waals surface area contributed by atoms with Gasteiger partial charge >= 0.3 is 33.4 Å². The molecule has 0 radical (unpaired) electrons. The van der Waals surface area contributed by atoms with E-state index in [0.29, 0.717) is 0 Å². The van der Waals surface area contributed by atoms with Crippen LogP contribution >= 0.6 is 7.92 Å². The van der Waals surface area contributed by atoms with Crippen LogP contribution in [0.3, 0.4) is 0 Å². The Morgan fingerprint density at radius 2 is 0.895 bits per heavy atom. The molecule has 16 heteroatoms. The number of aromatic hydroxyl groups is 2. The largest absolute Gasteiger partial charge is 0.508 e. The maximum absolute atomic E-state index is 12.2. The van der Waals surface area contributed by atoms with Gasteiger partial charge in [0.25, 0.3) is 0 Å². The summed E-state index contributed by atoms with van der Waals surface area (Å²) in [4.78, 5) is 0. The summed E-state index contributed by atoms with van der Waals surface area (Å²) in [5.74, 6) is -14.2. The maximum Gasteiger partial charge on any atom is 0.460 e. The molecule has 0 aromatic heterocycles. The van der Waals surface area contributed by atoms with E-state index >= 15 is 0 Å². The minimum Gasteiger partial charge on any atom is -0.508 e. The number of halogens is 9. The normalized spacial score (nSPS) is 13.1. The first kappa shape index (κ1) is 31.2. The lowest BCUT2D eigenvalue weighted by Gasteiger charge is -2.31. The number of phenols is 2. The van der Waals surface area contributed by atoms with E-state index in [0.717, 1.165) is 0 Å². The van der Waals surface area contributed by atoms with Gasteiger partial charge in [0.05, 0.1) is 0 Å². The van der Waals surface area contributed by atoms with Gasteiger partial charge in [-0.3, -0.25) is 4.55 Å². The molecular weight excluding hydrogens is 578 g/mol. The van der Waals surface area contributed by atoms with Gasteiger partial charge in [0.1, 0.15) is 11.5 Å². The molecule has 0 unspecified atom stereocenters. The van der Waals surface area contributed by atoms with Gasteiger partial charge in [-0.2, -0.15) is 47.9 Å². The number of benzene rings is 3. The summed E-state index contributed by atoms with van der Waals surface area (Å²) in [6, 6.07) is 25.0. The van der Waals surface area contributed by atoms with E-state index in [9.17, 15) is 58.1 Å². The molecule has 0 saturated heterocycles. The molecule has 0 aliphatic rings. The standard InChI is InChI=1S/C18H15O2P.C4HF9O3S/c19-14-6-10-17(11-7-14)21(16-4-2-1-3-5-16)18-12-8-15(20)9-13-18;5-1(6,3(9,10)11)2(7,8)4(12,13)17(14,15)16/h1-13,19-20H;(H,14,15,16). The Labute approximate surface area is 210 Å². The van der Waals surface area contributed by atoms with Gasteiger partial charge in [0, 0.05) is 0 Å². The molecule has 0 saturated carbocycles. The Bertz CT molecular complexity index is 1270. The zero-order chi connectivity index (χ0) is 29.2. The smallest absolute Gasteiger partial charge is 0.460 e. The topological polar surface area (TPSA) is 94.8 Å². The average Bonchev–Trinajstić information content (AvgIpc) is 2.81. The molecule has 0 aliphatic carbocycles. The average molecular weight is 594 g/mol. The second-order valence-electron chi connectivity index (χ2n) is 7.34. The fourth-order valence-electron chi connectivity index (χ4n) is 2.75. The molecule has 0 atom stereocenters. The van der Waals surface area contributed by atoms with E-state index in [1.54, 1.807) is 24.3 Å². The van der Waals surface area contributed by atoms with Crippen LogP contribution in [-0.2, 0) is 10.1 Å². The minimum atomic E-state index is -7.37. The Morgan fingerprint density at radius 3 is 1.21 bits per heavy atom. The third kappa shape index (κ3) is 6.33. The summed E-state index contributed by atoms with van der Waals surface area (Å²) in [6.07, 6.45) is -7.13. The Balaban J connectivity index is 0.000000275. The van der Waals surface area contributed by atoms with Crippen molar-refractivity contribution in [2.45, 2.75) is 23.3 Å². The second kappa shape index (κ2) is 11.0. The zero-order valence-electron chi connectivity index (χ0n) is 18.4. The van der Waals surface area contributed by atoms with Crippen molar-refractivity contribution in [2.75, 3.05) is 0 Å². The first-order chi connectivity index (χ1) is 17.2. The summed E-state index contributed by atoms with van der Waals surface area (Å²) in [5.41, 5.74) is 0. The summed E-state index contributed by atoms with van der Waals surface area (Å²) >= 11 is 0. The number of rotatable bonds is 6. The molecule has 3 N–H and O–H groups in total. The highest BCUT2D eigenvalue weighted by molar-refractivity contribution is 7.87. The van der Waals surface area contributed by atoms with Crippen molar-refractivity contribution >= 4 is 34.0 Å². The van der Waals surface area contributed by atoms with E-state index in [4.69, 9.17) is 4.55 Å². The third-order valence-corrected chi connectivity index (χ3v) is 8.02. The molecule has 0 aliphatic heterocycles. The highest BCUT2D eigenvalue weighted by Gasteiger charge is 2.85. The van der Waals surface area contributed by atoms with Crippen LogP contribution in [0, 0.1) is 0 Å². The van der Waals surface area contributed by atoms with Crippen LogP contribution in [0.5, 0.6) is 11.5 Å². The summed E-state index contributed by atoms with van der Waals surface area (Å²) < 4.78 is 134. The molecule has 3 rings (SSSR count). The molecule has 3 aromatic carbocycles. The Kier molecular flexibility index (Phi) is 9.02. The summed E-state index contributed by atoms with van der Waals surface area (Å²) in [6.45, 7) is 0. The van der Waals surface area contributed by atoms with Crippen molar-refractivity contribution in [3.63, 3.8) is 0 Å². The van der Waals surface area contributed by atoms with E-state index in [2.05, 4.69) is 12.1 Å². The van der Waals surface area contributed by atoms with Crippen LogP contribution < -0.4 is 15.9 Å². The van der Waals surface area contributed by atoms with Gasteiger partial charge in [-0.1, -0.05) is 54.6 Å². The van der Waals surface area contributed by atoms with E-state index in [-0.39, 0.29) is 11.5 Å². The first-order valence-electron chi connectivity index (χ1n) is 9.84. The molecule has 208 valence electrons. The highest BCUT2D eigenvalue weighted by atomic mass is 32.2. The van der Waals surface area contributed by atoms with Gasteiger partial charge in [-0.05, 0) is 48.1 Å². The third-order valence-electron chi connectivity index (χ3n) is 4.67. The van der Waals surface area contributed by atoms with Gasteiger partial charge in [-0.25, -0.2) is 0 Å². The van der Waals surface area contributed by atoms with Crippen molar-refractivity contribution in [1.82, 2.24) is 0 Å². The molecule has 0 fully saturated rings. The van der Waals surface area contributed by atoms with Crippen LogP contribution in [0.4, 0.5) is 39.5 Å². The molecular formula is C22H16F9O5PS. The molecule has 0 bridgehead atoms. The van der Waals surface area contributed by atoms with Crippen molar-refractivity contribution < 1.29 is 62.7 Å². The molecule has 0 amide bonds. The predicted octanol–water partition coefficient (Wildman–Crippen LogP) is 5.16. The van der Waals surface area contributed by atoms with Crippen LogP contribution in [0.15, 0.2) is 78.9 Å². The molecule has 0 heterocycles. The van der Waals surface area contributed by atoms with Crippen molar-refractivity contribution in [3.8, 4) is 11.5 Å². The number of hydrogen-bond donors (Lipinski definition) is 3. The Morgan fingerprint density at radius 1 is 0.553 bits per heavy atom. The van der Waals surface area contributed by atoms with Crippen molar-refractivity contribution in [3.05, 3.63) is 78.9 Å². The van der Waals surface area contributed by atoms with Crippen LogP contribution in [0.25, 0.3) is 0 Å². The SMILES string of the molecule is O=S(=O)(O)C(F)(F)C(F)(F)C(F)(F)C(F)(F)F.Oc1ccc(P(c2ccccc2)c2ccc(O)cc2)cc1. The van der Waals surface area contributed by atoms with E-state index < -0.39 is 41.3 Å². The van der Waals surface area contributed by atoms with E-state index in [1.807, 2.05) is 42.5 Å². The monoisotopic (exact) mass is 594 g/mol. The first-order valence-corrected chi connectivity index (χ1v) is 12.6. The minimum absolute atomic E-state index is 0.271. The number of phenolic OH excluding ortho intramolecular Hbond substituents is 2. The quantitative estimate of drug-likeness (QED) is 0.209. The Hall–Kier alpha value is -3.03. The fourth-order valence-corrected chi connectivity index (χ4v) is 5.46. The van der Waals surface area contributed by atoms with Gasteiger partial charge in [-0.15, -0.1) is 0 Å². The fraction of sp³-hybridized carbons (Fsp3) is 0.182. The van der Waals surface area contributed by atoms with Crippen LogP contribution in [0.2, 0.25) is 0 Å². The molecule has 38 heavy (non-hydrogen) atoms. The van der Waals surface area contributed by atoms with Crippen LogP contribution in [-0.4, -0.2) is 46.5 Å². The predicted molar refractivity (Wildman–Crippen MR) is 121 cm³/mol.